The molecule has 2 N–H and O–H groups in total. The van der Waals surface area contributed by atoms with E-state index in [0.29, 0.717) is 11.3 Å². The molecular formula is C17H30N2O. The molecule has 20 heavy (non-hydrogen) atoms. The lowest BCUT2D eigenvalue weighted by atomic mass is 9.45. The smallest absolute Gasteiger partial charge is 0.220 e. The summed E-state index contributed by atoms with van der Waals surface area (Å²) in [4.78, 5) is 12.1. The third-order valence-corrected chi connectivity index (χ3v) is 6.50. The maximum atomic E-state index is 12.1. The van der Waals surface area contributed by atoms with Crippen molar-refractivity contribution in [2.45, 2.75) is 52.4 Å². The van der Waals surface area contributed by atoms with Crippen molar-refractivity contribution in [1.29, 1.82) is 0 Å². The van der Waals surface area contributed by atoms with E-state index in [1.807, 2.05) is 0 Å². The molecule has 3 saturated carbocycles. The van der Waals surface area contributed by atoms with Gasteiger partial charge in [0.05, 0.1) is 0 Å². The van der Waals surface area contributed by atoms with E-state index in [1.54, 1.807) is 0 Å². The van der Waals surface area contributed by atoms with Gasteiger partial charge in [0.2, 0.25) is 5.91 Å². The minimum atomic E-state index is 0.288. The largest absolute Gasteiger partial charge is 0.356 e. The number of carbonyl (C=O) groups excluding carboxylic acids is 1. The van der Waals surface area contributed by atoms with E-state index in [-0.39, 0.29) is 5.91 Å². The minimum absolute atomic E-state index is 0.288. The summed E-state index contributed by atoms with van der Waals surface area (Å²) in [7, 11) is 0. The van der Waals surface area contributed by atoms with Crippen molar-refractivity contribution < 1.29 is 4.79 Å². The summed E-state index contributed by atoms with van der Waals surface area (Å²) in [6.45, 7) is 7.94. The Morgan fingerprint density at radius 2 is 1.95 bits per heavy atom. The predicted octanol–water partition coefficient (Wildman–Crippen LogP) is 2.56. The highest BCUT2D eigenvalue weighted by molar-refractivity contribution is 5.76. The van der Waals surface area contributed by atoms with Gasteiger partial charge in [-0.25, -0.2) is 0 Å². The van der Waals surface area contributed by atoms with Gasteiger partial charge in [-0.1, -0.05) is 13.8 Å². The highest BCUT2D eigenvalue weighted by Gasteiger charge is 2.53. The van der Waals surface area contributed by atoms with Gasteiger partial charge < -0.3 is 10.6 Å². The summed E-state index contributed by atoms with van der Waals surface area (Å²) in [5.41, 5.74) is 0.530. The SMILES string of the molecule is CC1(C)[C@H]2CC[C@@H](CNC(=O)CC3CCNCC3)[C@@H]1C2. The second-order valence-electron chi connectivity index (χ2n) is 7.90. The minimum Gasteiger partial charge on any atom is -0.356 e. The van der Waals surface area contributed by atoms with Crippen LogP contribution in [0.5, 0.6) is 0 Å². The maximum absolute atomic E-state index is 12.1. The zero-order chi connectivity index (χ0) is 14.2. The van der Waals surface area contributed by atoms with Crippen LogP contribution in [0.2, 0.25) is 0 Å². The van der Waals surface area contributed by atoms with Gasteiger partial charge in [0.25, 0.3) is 0 Å². The Hall–Kier alpha value is -0.570. The molecule has 3 nitrogen and oxygen atoms in total. The fraction of sp³-hybridized carbons (Fsp3) is 0.941. The fourth-order valence-corrected chi connectivity index (χ4v) is 4.87. The van der Waals surface area contributed by atoms with Crippen LogP contribution >= 0.6 is 0 Å². The number of nitrogens with one attached hydrogen (secondary N) is 2. The first-order valence-electron chi connectivity index (χ1n) is 8.55. The van der Waals surface area contributed by atoms with Crippen LogP contribution in [0.3, 0.4) is 0 Å². The standard InChI is InChI=1S/C17H30N2O/c1-17(2)14-4-3-13(15(17)10-14)11-19-16(20)9-12-5-7-18-8-6-12/h12-15,18H,3-11H2,1-2H3,(H,19,20)/t13-,14-,15-/m0/s1. The molecule has 4 aliphatic rings. The van der Waals surface area contributed by atoms with Gasteiger partial charge in [0.15, 0.2) is 0 Å². The van der Waals surface area contributed by atoms with Crippen molar-refractivity contribution in [2.24, 2.45) is 29.1 Å². The lowest BCUT2D eigenvalue weighted by molar-refractivity contribution is -0.125. The molecule has 0 aromatic carbocycles. The van der Waals surface area contributed by atoms with Crippen molar-refractivity contribution in [1.82, 2.24) is 10.6 Å². The fourth-order valence-electron chi connectivity index (χ4n) is 4.87. The van der Waals surface area contributed by atoms with E-state index in [9.17, 15) is 4.79 Å². The van der Waals surface area contributed by atoms with Crippen LogP contribution in [0.1, 0.15) is 52.4 Å². The lowest BCUT2D eigenvalue weighted by Gasteiger charge is -2.60. The molecule has 3 atom stereocenters. The molecule has 1 amide bonds. The molecular weight excluding hydrogens is 248 g/mol. The second kappa shape index (κ2) is 5.67. The molecule has 1 saturated heterocycles. The third-order valence-electron chi connectivity index (χ3n) is 6.50. The van der Waals surface area contributed by atoms with E-state index in [0.717, 1.165) is 56.7 Å². The number of fused-ring (bicyclic) bond motifs is 2. The molecule has 4 fully saturated rings. The molecule has 1 aliphatic heterocycles. The van der Waals surface area contributed by atoms with Crippen molar-refractivity contribution in [2.75, 3.05) is 19.6 Å². The van der Waals surface area contributed by atoms with Gasteiger partial charge >= 0.3 is 0 Å². The number of carbonyl (C=O) groups is 1. The molecule has 3 heteroatoms. The van der Waals surface area contributed by atoms with Gasteiger partial charge in [-0.2, -0.15) is 0 Å². The van der Waals surface area contributed by atoms with Gasteiger partial charge in [-0.05, 0) is 74.3 Å². The Morgan fingerprint density at radius 3 is 2.60 bits per heavy atom. The van der Waals surface area contributed by atoms with Gasteiger partial charge in [-0.3, -0.25) is 4.79 Å². The van der Waals surface area contributed by atoms with Crippen LogP contribution in [0.15, 0.2) is 0 Å². The summed E-state index contributed by atoms with van der Waals surface area (Å²) in [6, 6.07) is 0. The zero-order valence-corrected chi connectivity index (χ0v) is 13.1. The van der Waals surface area contributed by atoms with Gasteiger partial charge in [0, 0.05) is 13.0 Å². The average molecular weight is 278 g/mol. The van der Waals surface area contributed by atoms with Gasteiger partial charge in [-0.15, -0.1) is 0 Å². The second-order valence-corrected chi connectivity index (χ2v) is 7.90. The first-order valence-corrected chi connectivity index (χ1v) is 8.55. The Kier molecular flexibility index (Phi) is 4.07. The van der Waals surface area contributed by atoms with E-state index in [4.69, 9.17) is 0 Å². The van der Waals surface area contributed by atoms with Crippen LogP contribution in [-0.4, -0.2) is 25.5 Å². The first-order chi connectivity index (χ1) is 9.57. The van der Waals surface area contributed by atoms with Crippen LogP contribution in [0, 0.1) is 29.1 Å². The van der Waals surface area contributed by atoms with Crippen LogP contribution < -0.4 is 10.6 Å². The normalized spacial score (nSPS) is 36.2. The maximum Gasteiger partial charge on any atom is 0.220 e. The Labute approximate surface area is 123 Å². The molecule has 0 radical (unpaired) electrons. The highest BCUT2D eigenvalue weighted by atomic mass is 16.1. The van der Waals surface area contributed by atoms with Crippen LogP contribution in [-0.2, 0) is 4.79 Å². The Balaban J connectivity index is 1.41. The topological polar surface area (TPSA) is 41.1 Å². The molecule has 2 bridgehead atoms. The lowest BCUT2D eigenvalue weighted by Crippen LogP contribution is -2.54. The summed E-state index contributed by atoms with van der Waals surface area (Å²) >= 11 is 0. The van der Waals surface area contributed by atoms with Crippen LogP contribution in [0.25, 0.3) is 0 Å². The summed E-state index contributed by atoms with van der Waals surface area (Å²) < 4.78 is 0. The van der Waals surface area contributed by atoms with E-state index in [2.05, 4.69) is 24.5 Å². The molecule has 0 spiro atoms. The predicted molar refractivity (Wildman–Crippen MR) is 81.3 cm³/mol. The Morgan fingerprint density at radius 1 is 1.20 bits per heavy atom. The number of piperidine rings is 1. The van der Waals surface area contributed by atoms with Crippen molar-refractivity contribution in [3.05, 3.63) is 0 Å². The Bertz CT molecular complexity index is 358. The summed E-state index contributed by atoms with van der Waals surface area (Å²) in [5.74, 6) is 3.42. The molecule has 1 heterocycles. The zero-order valence-electron chi connectivity index (χ0n) is 13.1. The van der Waals surface area contributed by atoms with E-state index >= 15 is 0 Å². The van der Waals surface area contributed by atoms with Crippen molar-refractivity contribution >= 4 is 5.91 Å². The van der Waals surface area contributed by atoms with E-state index in [1.165, 1.54) is 19.3 Å². The molecule has 3 aliphatic carbocycles. The monoisotopic (exact) mass is 278 g/mol. The number of amides is 1. The third kappa shape index (κ3) is 2.74. The van der Waals surface area contributed by atoms with Gasteiger partial charge in [0.1, 0.15) is 0 Å². The number of hydrogen-bond acceptors (Lipinski definition) is 2. The average Bonchev–Trinajstić information content (AvgIpc) is 2.46. The molecule has 114 valence electrons. The number of hydrogen-bond donors (Lipinski definition) is 2. The van der Waals surface area contributed by atoms with E-state index < -0.39 is 0 Å². The van der Waals surface area contributed by atoms with Crippen molar-refractivity contribution in [3.63, 3.8) is 0 Å². The summed E-state index contributed by atoms with van der Waals surface area (Å²) in [6.07, 6.45) is 7.17. The first kappa shape index (κ1) is 14.4. The summed E-state index contributed by atoms with van der Waals surface area (Å²) in [5, 5.41) is 6.59. The molecule has 4 rings (SSSR count). The molecule has 0 aromatic rings. The number of rotatable bonds is 4. The quantitative estimate of drug-likeness (QED) is 0.830. The van der Waals surface area contributed by atoms with Crippen LogP contribution in [0.4, 0.5) is 0 Å². The highest BCUT2D eigenvalue weighted by Crippen LogP contribution is 2.61. The van der Waals surface area contributed by atoms with Crippen molar-refractivity contribution in [3.8, 4) is 0 Å². The molecule has 0 aromatic heterocycles. The molecule has 0 unspecified atom stereocenters.